The number of benzene rings is 2. The summed E-state index contributed by atoms with van der Waals surface area (Å²) in [5.74, 6) is -1.39. The first-order chi connectivity index (χ1) is 12.4. The second-order valence-electron chi connectivity index (χ2n) is 5.05. The number of hydrogen-bond donors (Lipinski definition) is 1. The zero-order chi connectivity index (χ0) is 18.8. The molecule has 0 unspecified atom stereocenters. The predicted molar refractivity (Wildman–Crippen MR) is 87.1 cm³/mol. The lowest BCUT2D eigenvalue weighted by Crippen LogP contribution is -2.05. The SMILES string of the molecule is O=C(O)c1nnn(-c2ccccc2[N+](=O)[O-])c1-c1ccc([N+](=O)[O-])cc1. The van der Waals surface area contributed by atoms with E-state index in [2.05, 4.69) is 10.3 Å². The Morgan fingerprint density at radius 2 is 1.65 bits per heavy atom. The Morgan fingerprint density at radius 1 is 1.00 bits per heavy atom. The lowest BCUT2D eigenvalue weighted by molar-refractivity contribution is -0.385. The summed E-state index contributed by atoms with van der Waals surface area (Å²) in [5.41, 5.74) is -0.659. The summed E-state index contributed by atoms with van der Waals surface area (Å²) in [5, 5.41) is 38.7. The van der Waals surface area contributed by atoms with Crippen LogP contribution in [0.15, 0.2) is 48.5 Å². The van der Waals surface area contributed by atoms with Gasteiger partial charge in [0.2, 0.25) is 0 Å². The average molecular weight is 355 g/mol. The number of carboxylic acids is 1. The molecule has 0 atom stereocenters. The first kappa shape index (κ1) is 16.7. The molecule has 0 bridgehead atoms. The van der Waals surface area contributed by atoms with Crippen molar-refractivity contribution in [2.45, 2.75) is 0 Å². The Morgan fingerprint density at radius 3 is 2.23 bits per heavy atom. The predicted octanol–water partition coefficient (Wildman–Crippen LogP) is 2.45. The van der Waals surface area contributed by atoms with Gasteiger partial charge in [-0.2, -0.15) is 0 Å². The van der Waals surface area contributed by atoms with E-state index in [0.29, 0.717) is 0 Å². The van der Waals surface area contributed by atoms with Gasteiger partial charge in [-0.15, -0.1) is 5.10 Å². The summed E-state index contributed by atoms with van der Waals surface area (Å²) in [6.45, 7) is 0. The Hall–Kier alpha value is -4.15. The van der Waals surface area contributed by atoms with Gasteiger partial charge in [-0.1, -0.05) is 17.3 Å². The number of para-hydroxylation sites is 2. The van der Waals surface area contributed by atoms with E-state index >= 15 is 0 Å². The van der Waals surface area contributed by atoms with Gasteiger partial charge in [0.25, 0.3) is 11.4 Å². The number of carboxylic acid groups (broad SMARTS) is 1. The van der Waals surface area contributed by atoms with Crippen molar-refractivity contribution in [2.24, 2.45) is 0 Å². The molecule has 0 spiro atoms. The number of aromatic nitrogens is 3. The number of non-ortho nitro benzene ring substituents is 1. The molecule has 0 aliphatic carbocycles. The molecule has 0 fully saturated rings. The molecule has 3 aromatic rings. The standard InChI is InChI=1S/C15H9N5O6/c21-15(22)13-14(9-5-7-10(8-6-9)19(23)24)18(17-16-13)11-3-1-2-4-12(11)20(25)26/h1-8H,(H,21,22). The van der Waals surface area contributed by atoms with Crippen molar-refractivity contribution >= 4 is 17.3 Å². The fourth-order valence-electron chi connectivity index (χ4n) is 2.39. The number of nitrogens with zero attached hydrogens (tertiary/aromatic N) is 5. The zero-order valence-electron chi connectivity index (χ0n) is 12.8. The van der Waals surface area contributed by atoms with Crippen LogP contribution in [0.4, 0.5) is 11.4 Å². The van der Waals surface area contributed by atoms with Gasteiger partial charge >= 0.3 is 5.97 Å². The minimum Gasteiger partial charge on any atom is -0.476 e. The van der Waals surface area contributed by atoms with Gasteiger partial charge in [-0.25, -0.2) is 9.48 Å². The van der Waals surface area contributed by atoms with Gasteiger partial charge in [-0.3, -0.25) is 20.2 Å². The van der Waals surface area contributed by atoms with Crippen LogP contribution in [0.3, 0.4) is 0 Å². The summed E-state index contributed by atoms with van der Waals surface area (Å²) in [6.07, 6.45) is 0. The number of carbonyl (C=O) groups is 1. The molecule has 0 amide bonds. The molecular weight excluding hydrogens is 346 g/mol. The summed E-state index contributed by atoms with van der Waals surface area (Å²) in [7, 11) is 0. The molecule has 1 aromatic heterocycles. The van der Waals surface area contributed by atoms with E-state index in [0.717, 1.165) is 4.68 Å². The second-order valence-corrected chi connectivity index (χ2v) is 5.05. The van der Waals surface area contributed by atoms with Gasteiger partial charge in [0.05, 0.1) is 9.85 Å². The summed E-state index contributed by atoms with van der Waals surface area (Å²) in [6, 6.07) is 10.7. The van der Waals surface area contributed by atoms with Gasteiger partial charge in [0, 0.05) is 23.8 Å². The molecule has 26 heavy (non-hydrogen) atoms. The molecule has 1 heterocycles. The fourth-order valence-corrected chi connectivity index (χ4v) is 2.39. The lowest BCUT2D eigenvalue weighted by Gasteiger charge is -2.07. The highest BCUT2D eigenvalue weighted by molar-refractivity contribution is 5.93. The van der Waals surface area contributed by atoms with Crippen LogP contribution in [-0.4, -0.2) is 35.9 Å². The Bertz CT molecular complexity index is 1030. The minimum atomic E-state index is -1.39. The van der Waals surface area contributed by atoms with Crippen LogP contribution in [0.5, 0.6) is 0 Å². The maximum atomic E-state index is 11.5. The quantitative estimate of drug-likeness (QED) is 0.540. The highest BCUT2D eigenvalue weighted by Crippen LogP contribution is 2.30. The topological polar surface area (TPSA) is 154 Å². The maximum absolute atomic E-state index is 11.5. The van der Waals surface area contributed by atoms with Crippen molar-refractivity contribution in [3.63, 3.8) is 0 Å². The maximum Gasteiger partial charge on any atom is 0.358 e. The average Bonchev–Trinajstić information content (AvgIpc) is 3.07. The van der Waals surface area contributed by atoms with E-state index in [1.807, 2.05) is 0 Å². The van der Waals surface area contributed by atoms with Crippen LogP contribution in [0.1, 0.15) is 10.5 Å². The number of hydrogen-bond acceptors (Lipinski definition) is 7. The summed E-state index contributed by atoms with van der Waals surface area (Å²) < 4.78 is 1.03. The van der Waals surface area contributed by atoms with E-state index < -0.39 is 21.5 Å². The first-order valence-corrected chi connectivity index (χ1v) is 7.07. The number of rotatable bonds is 5. The molecule has 0 radical (unpaired) electrons. The van der Waals surface area contributed by atoms with Crippen LogP contribution in [-0.2, 0) is 0 Å². The van der Waals surface area contributed by atoms with Crippen LogP contribution in [0.25, 0.3) is 16.9 Å². The first-order valence-electron chi connectivity index (χ1n) is 7.07. The van der Waals surface area contributed by atoms with Crippen LogP contribution >= 0.6 is 0 Å². The van der Waals surface area contributed by atoms with Gasteiger partial charge in [-0.05, 0) is 18.2 Å². The third-order valence-corrected chi connectivity index (χ3v) is 3.53. The van der Waals surface area contributed by atoms with Gasteiger partial charge in [0.15, 0.2) is 5.69 Å². The van der Waals surface area contributed by atoms with Gasteiger partial charge in [0.1, 0.15) is 11.4 Å². The molecule has 0 saturated heterocycles. The molecule has 0 saturated carbocycles. The molecule has 0 aliphatic heterocycles. The van der Waals surface area contributed by atoms with E-state index in [1.165, 1.54) is 48.5 Å². The Kier molecular flexibility index (Phi) is 4.11. The van der Waals surface area contributed by atoms with Gasteiger partial charge < -0.3 is 5.11 Å². The fraction of sp³-hybridized carbons (Fsp3) is 0. The molecular formula is C15H9N5O6. The largest absolute Gasteiger partial charge is 0.476 e. The van der Waals surface area contributed by atoms with E-state index in [1.54, 1.807) is 0 Å². The lowest BCUT2D eigenvalue weighted by atomic mass is 10.1. The summed E-state index contributed by atoms with van der Waals surface area (Å²) in [4.78, 5) is 32.3. The van der Waals surface area contributed by atoms with Crippen LogP contribution in [0, 0.1) is 20.2 Å². The molecule has 1 N–H and O–H groups in total. The number of nitro benzene ring substituents is 2. The monoisotopic (exact) mass is 355 g/mol. The van der Waals surface area contributed by atoms with Crippen molar-refractivity contribution in [3.05, 3.63) is 74.5 Å². The highest BCUT2D eigenvalue weighted by atomic mass is 16.6. The smallest absolute Gasteiger partial charge is 0.358 e. The second kappa shape index (κ2) is 6.39. The van der Waals surface area contributed by atoms with Crippen molar-refractivity contribution in [2.75, 3.05) is 0 Å². The third-order valence-electron chi connectivity index (χ3n) is 3.53. The van der Waals surface area contributed by atoms with Crippen LogP contribution < -0.4 is 0 Å². The number of aromatic carboxylic acids is 1. The molecule has 3 rings (SSSR count). The van der Waals surface area contributed by atoms with Crippen molar-refractivity contribution in [1.29, 1.82) is 0 Å². The normalized spacial score (nSPS) is 10.5. The molecule has 11 heteroatoms. The molecule has 0 aliphatic rings. The van der Waals surface area contributed by atoms with E-state index in [9.17, 15) is 30.1 Å². The highest BCUT2D eigenvalue weighted by Gasteiger charge is 2.25. The molecule has 2 aromatic carbocycles. The molecule has 130 valence electrons. The van der Waals surface area contributed by atoms with E-state index in [-0.39, 0.29) is 28.3 Å². The van der Waals surface area contributed by atoms with Crippen molar-refractivity contribution < 1.29 is 19.7 Å². The zero-order valence-corrected chi connectivity index (χ0v) is 12.8. The summed E-state index contributed by atoms with van der Waals surface area (Å²) >= 11 is 0. The Balaban J connectivity index is 2.25. The third kappa shape index (κ3) is 2.84. The minimum absolute atomic E-state index is 0.0193. The molecule has 11 nitrogen and oxygen atoms in total. The van der Waals surface area contributed by atoms with E-state index in [4.69, 9.17) is 0 Å². The van der Waals surface area contributed by atoms with Crippen LogP contribution in [0.2, 0.25) is 0 Å². The Labute approximate surface area is 144 Å². The van der Waals surface area contributed by atoms with Crippen molar-refractivity contribution in [3.8, 4) is 16.9 Å². The number of nitro groups is 2. The van der Waals surface area contributed by atoms with Crippen molar-refractivity contribution in [1.82, 2.24) is 15.0 Å².